The molecule has 2 aromatic rings. The van der Waals surface area contributed by atoms with Crippen LogP contribution in [0.3, 0.4) is 0 Å². The normalized spacial score (nSPS) is 13.1. The number of carbonyl (C=O) groups is 2. The Morgan fingerprint density at radius 3 is 2.52 bits per heavy atom. The average molecular weight is 401 g/mol. The first-order chi connectivity index (χ1) is 11.8. The number of amides is 2. The van der Waals surface area contributed by atoms with Crippen LogP contribution in [-0.4, -0.2) is 32.0 Å². The van der Waals surface area contributed by atoms with Gasteiger partial charge in [0, 0.05) is 10.6 Å². The van der Waals surface area contributed by atoms with Crippen molar-refractivity contribution in [2.24, 2.45) is 0 Å². The molecule has 0 aliphatic carbocycles. The van der Waals surface area contributed by atoms with E-state index in [1.54, 1.807) is 36.6 Å². The third-order valence-corrected chi connectivity index (χ3v) is 5.27. The van der Waals surface area contributed by atoms with Crippen LogP contribution in [0.1, 0.15) is 17.8 Å². The van der Waals surface area contributed by atoms with Gasteiger partial charge in [-0.3, -0.25) is 9.59 Å². The highest BCUT2D eigenvalue weighted by atomic mass is 35.5. The fourth-order valence-electron chi connectivity index (χ4n) is 2.29. The first-order valence-electron chi connectivity index (χ1n) is 7.74. The number of carbonyl (C=O) groups excluding carboxylic acids is 2. The highest BCUT2D eigenvalue weighted by Crippen LogP contribution is 2.24. The molecule has 0 aliphatic rings. The second-order valence-electron chi connectivity index (χ2n) is 5.79. The number of quaternary nitrogens is 1. The summed E-state index contributed by atoms with van der Waals surface area (Å²) in [6, 6.07) is 8.79. The largest absolute Gasteiger partial charge is 0.344 e. The van der Waals surface area contributed by atoms with E-state index in [-0.39, 0.29) is 30.9 Å². The Labute approximate surface area is 160 Å². The zero-order valence-electron chi connectivity index (χ0n) is 13.9. The van der Waals surface area contributed by atoms with Crippen LogP contribution < -0.4 is 15.5 Å². The summed E-state index contributed by atoms with van der Waals surface area (Å²) < 4.78 is 0. The minimum absolute atomic E-state index is 0.0367. The molecule has 0 aliphatic heterocycles. The highest BCUT2D eigenvalue weighted by molar-refractivity contribution is 7.10. The lowest BCUT2D eigenvalue weighted by molar-refractivity contribution is -0.862. The van der Waals surface area contributed by atoms with Crippen molar-refractivity contribution in [2.75, 3.05) is 25.5 Å². The van der Waals surface area contributed by atoms with Crippen LogP contribution in [0.5, 0.6) is 0 Å². The molecule has 0 radical (unpaired) electrons. The standard InChI is InChI=1S/C17H19Cl2N3O2S/c1-11(15-4-3-7-25-15)20-16(23)9-22(2)10-17(24)21-12-5-6-13(18)14(19)8-12/h3-8,11H,9-10H2,1-2H3,(H,20,23)(H,21,24)/p+1/t11-/m1/s1. The van der Waals surface area contributed by atoms with Crippen molar-refractivity contribution in [3.8, 4) is 0 Å². The molecule has 0 spiro atoms. The van der Waals surface area contributed by atoms with Gasteiger partial charge in [-0.25, -0.2) is 0 Å². The maximum Gasteiger partial charge on any atom is 0.279 e. The molecule has 25 heavy (non-hydrogen) atoms. The Morgan fingerprint density at radius 1 is 1.16 bits per heavy atom. The fraction of sp³-hybridized carbons (Fsp3) is 0.294. The first kappa shape index (κ1) is 19.7. The molecule has 2 amide bonds. The smallest absolute Gasteiger partial charge is 0.279 e. The molecule has 1 aromatic heterocycles. The van der Waals surface area contributed by atoms with Gasteiger partial charge in [-0.1, -0.05) is 29.3 Å². The summed E-state index contributed by atoms with van der Waals surface area (Å²) in [5.41, 5.74) is 0.572. The topological polar surface area (TPSA) is 62.6 Å². The van der Waals surface area contributed by atoms with Crippen molar-refractivity contribution >= 4 is 52.0 Å². The molecular weight excluding hydrogens is 381 g/mol. The molecule has 134 valence electrons. The maximum atomic E-state index is 12.1. The summed E-state index contributed by atoms with van der Waals surface area (Å²) in [6.07, 6.45) is 0. The van der Waals surface area contributed by atoms with Crippen LogP contribution in [0, 0.1) is 0 Å². The predicted octanol–water partition coefficient (Wildman–Crippen LogP) is 2.39. The van der Waals surface area contributed by atoms with Gasteiger partial charge in [-0.2, -0.15) is 0 Å². The van der Waals surface area contributed by atoms with Gasteiger partial charge in [0.15, 0.2) is 13.1 Å². The molecule has 0 bridgehead atoms. The lowest BCUT2D eigenvalue weighted by Gasteiger charge is -2.16. The molecule has 0 fully saturated rings. The van der Waals surface area contributed by atoms with Crippen molar-refractivity contribution in [3.63, 3.8) is 0 Å². The summed E-state index contributed by atoms with van der Waals surface area (Å²) in [4.78, 5) is 26.0. The molecule has 2 rings (SSSR count). The van der Waals surface area contributed by atoms with Gasteiger partial charge in [0.25, 0.3) is 11.8 Å². The van der Waals surface area contributed by atoms with Gasteiger partial charge in [0.1, 0.15) is 0 Å². The first-order valence-corrected chi connectivity index (χ1v) is 9.37. The van der Waals surface area contributed by atoms with Crippen molar-refractivity contribution < 1.29 is 14.5 Å². The predicted molar refractivity (Wildman–Crippen MR) is 103 cm³/mol. The quantitative estimate of drug-likeness (QED) is 0.667. The van der Waals surface area contributed by atoms with Crippen LogP contribution in [0.4, 0.5) is 5.69 Å². The van der Waals surface area contributed by atoms with E-state index in [0.29, 0.717) is 15.7 Å². The number of halogens is 2. The molecule has 2 atom stereocenters. The van der Waals surface area contributed by atoms with Gasteiger partial charge >= 0.3 is 0 Å². The molecule has 3 N–H and O–H groups in total. The van der Waals surface area contributed by atoms with Gasteiger partial charge in [0.05, 0.1) is 23.1 Å². The molecule has 5 nitrogen and oxygen atoms in total. The Morgan fingerprint density at radius 2 is 1.88 bits per heavy atom. The zero-order chi connectivity index (χ0) is 18.4. The third kappa shape index (κ3) is 6.32. The number of anilines is 1. The maximum absolute atomic E-state index is 12.1. The summed E-state index contributed by atoms with van der Waals surface area (Å²) in [7, 11) is 1.80. The fourth-order valence-corrected chi connectivity index (χ4v) is 3.32. The number of thiophene rings is 1. The Hall–Kier alpha value is -1.60. The lowest BCUT2D eigenvalue weighted by Crippen LogP contribution is -3.11. The zero-order valence-corrected chi connectivity index (χ0v) is 16.3. The van der Waals surface area contributed by atoms with E-state index in [0.717, 1.165) is 9.78 Å². The van der Waals surface area contributed by atoms with Crippen molar-refractivity contribution in [1.29, 1.82) is 0 Å². The summed E-state index contributed by atoms with van der Waals surface area (Å²) in [6.45, 7) is 2.32. The monoisotopic (exact) mass is 400 g/mol. The minimum Gasteiger partial charge on any atom is -0.344 e. The molecular formula is C17H20Cl2N3O2S+. The van der Waals surface area contributed by atoms with E-state index in [1.165, 1.54) is 0 Å². The van der Waals surface area contributed by atoms with E-state index in [9.17, 15) is 9.59 Å². The van der Waals surface area contributed by atoms with Gasteiger partial charge in [-0.15, -0.1) is 11.3 Å². The van der Waals surface area contributed by atoms with Crippen LogP contribution in [0.15, 0.2) is 35.7 Å². The Kier molecular flexibility index (Phi) is 7.25. The minimum atomic E-state index is -0.199. The number of hydrogen-bond donors (Lipinski definition) is 3. The van der Waals surface area contributed by atoms with Gasteiger partial charge in [-0.05, 0) is 36.6 Å². The van der Waals surface area contributed by atoms with E-state index in [2.05, 4.69) is 10.6 Å². The molecule has 1 heterocycles. The third-order valence-electron chi connectivity index (χ3n) is 3.48. The van der Waals surface area contributed by atoms with Crippen LogP contribution in [0.2, 0.25) is 10.0 Å². The van der Waals surface area contributed by atoms with Crippen LogP contribution >= 0.6 is 34.5 Å². The average Bonchev–Trinajstić information content (AvgIpc) is 3.04. The van der Waals surface area contributed by atoms with E-state index in [1.807, 2.05) is 24.4 Å². The van der Waals surface area contributed by atoms with Gasteiger partial charge in [0.2, 0.25) is 0 Å². The van der Waals surface area contributed by atoms with Crippen molar-refractivity contribution in [1.82, 2.24) is 5.32 Å². The molecule has 1 unspecified atom stereocenters. The summed E-state index contributed by atoms with van der Waals surface area (Å²) >= 11 is 13.4. The highest BCUT2D eigenvalue weighted by Gasteiger charge is 2.17. The number of nitrogens with one attached hydrogen (secondary N) is 3. The van der Waals surface area contributed by atoms with Crippen molar-refractivity contribution in [2.45, 2.75) is 13.0 Å². The van der Waals surface area contributed by atoms with E-state index >= 15 is 0 Å². The van der Waals surface area contributed by atoms with E-state index < -0.39 is 0 Å². The van der Waals surface area contributed by atoms with Crippen LogP contribution in [0.25, 0.3) is 0 Å². The van der Waals surface area contributed by atoms with Crippen molar-refractivity contribution in [3.05, 3.63) is 50.6 Å². The SMILES string of the molecule is C[C@@H](NC(=O)C[NH+](C)CC(=O)Nc1ccc(Cl)c(Cl)c1)c1cccs1. The molecule has 0 saturated heterocycles. The molecule has 0 saturated carbocycles. The Bertz CT molecular complexity index is 737. The summed E-state index contributed by atoms with van der Waals surface area (Å²) in [5.74, 6) is -0.296. The number of likely N-dealkylation sites (N-methyl/N-ethyl adjacent to an activating group) is 1. The second-order valence-corrected chi connectivity index (χ2v) is 7.59. The lowest BCUT2D eigenvalue weighted by atomic mass is 10.2. The van der Waals surface area contributed by atoms with E-state index in [4.69, 9.17) is 23.2 Å². The summed E-state index contributed by atoms with van der Waals surface area (Å²) in [5, 5.41) is 8.46. The molecule has 8 heteroatoms. The number of benzene rings is 1. The number of rotatable bonds is 7. The Balaban J connectivity index is 1.78. The second kappa shape index (κ2) is 9.20. The van der Waals surface area contributed by atoms with Crippen LogP contribution in [-0.2, 0) is 9.59 Å². The van der Waals surface area contributed by atoms with Gasteiger partial charge < -0.3 is 15.5 Å². The molecule has 1 aromatic carbocycles. The number of hydrogen-bond acceptors (Lipinski definition) is 3.